The Morgan fingerprint density at radius 3 is 2.67 bits per heavy atom. The molecule has 0 radical (unpaired) electrons. The van der Waals surface area contributed by atoms with Gasteiger partial charge in [0.05, 0.1) is 7.11 Å². The fraction of sp³-hybridized carbons (Fsp3) is 0.467. The molecule has 21 heavy (non-hydrogen) atoms. The van der Waals surface area contributed by atoms with Crippen molar-refractivity contribution in [1.82, 2.24) is 5.32 Å². The van der Waals surface area contributed by atoms with Gasteiger partial charge in [-0.2, -0.15) is 0 Å². The summed E-state index contributed by atoms with van der Waals surface area (Å²) in [6, 6.07) is 5.44. The molecule has 1 aromatic carbocycles. The number of rotatable bonds is 6. The van der Waals surface area contributed by atoms with E-state index in [2.05, 4.69) is 21.2 Å². The van der Waals surface area contributed by atoms with Crippen LogP contribution in [0.4, 0.5) is 0 Å². The van der Waals surface area contributed by atoms with Gasteiger partial charge in [-0.1, -0.05) is 15.9 Å². The number of carboxylic acids is 1. The predicted octanol–water partition coefficient (Wildman–Crippen LogP) is 2.37. The van der Waals surface area contributed by atoms with E-state index in [0.29, 0.717) is 5.75 Å². The molecule has 5 nitrogen and oxygen atoms in total. The lowest BCUT2D eigenvalue weighted by molar-refractivity contribution is -0.154. The van der Waals surface area contributed by atoms with Crippen LogP contribution in [0.15, 0.2) is 22.7 Å². The number of carbonyl (C=O) groups excluding carboxylic acids is 1. The molecule has 0 saturated heterocycles. The van der Waals surface area contributed by atoms with Crippen LogP contribution in [-0.2, 0) is 16.0 Å². The Kier molecular flexibility index (Phi) is 4.56. The standard InChI is InChI=1S/C15H18BrNO4/c1-15(14(19)20,13(18)17-10-3-4-10)8-9-7-11(21-2)5-6-12(9)16/h5-7,10H,3-4,8H2,1-2H3,(H,17,18)(H,19,20). The van der Waals surface area contributed by atoms with Crippen molar-refractivity contribution in [1.29, 1.82) is 0 Å². The van der Waals surface area contributed by atoms with E-state index in [1.165, 1.54) is 6.92 Å². The van der Waals surface area contributed by atoms with Crippen LogP contribution >= 0.6 is 15.9 Å². The third kappa shape index (κ3) is 3.56. The molecule has 0 aromatic heterocycles. The number of benzene rings is 1. The van der Waals surface area contributed by atoms with Crippen LogP contribution in [0.5, 0.6) is 5.75 Å². The second-order valence-electron chi connectivity index (χ2n) is 5.52. The Balaban J connectivity index is 2.26. The Hall–Kier alpha value is -1.56. The molecule has 1 saturated carbocycles. The van der Waals surface area contributed by atoms with E-state index in [1.807, 2.05) is 0 Å². The average Bonchev–Trinajstić information content (AvgIpc) is 3.24. The van der Waals surface area contributed by atoms with Gasteiger partial charge in [-0.15, -0.1) is 0 Å². The van der Waals surface area contributed by atoms with Crippen LogP contribution in [0, 0.1) is 5.41 Å². The van der Waals surface area contributed by atoms with E-state index in [1.54, 1.807) is 25.3 Å². The lowest BCUT2D eigenvalue weighted by Gasteiger charge is -2.24. The lowest BCUT2D eigenvalue weighted by atomic mass is 9.82. The summed E-state index contributed by atoms with van der Waals surface area (Å²) in [6.45, 7) is 1.46. The Morgan fingerprint density at radius 2 is 2.14 bits per heavy atom. The zero-order chi connectivity index (χ0) is 15.6. The van der Waals surface area contributed by atoms with E-state index in [4.69, 9.17) is 4.74 Å². The van der Waals surface area contributed by atoms with Crippen LogP contribution in [-0.4, -0.2) is 30.1 Å². The van der Waals surface area contributed by atoms with E-state index < -0.39 is 17.3 Å². The van der Waals surface area contributed by atoms with Gasteiger partial charge >= 0.3 is 5.97 Å². The normalized spacial score (nSPS) is 16.9. The molecule has 1 unspecified atom stereocenters. The zero-order valence-electron chi connectivity index (χ0n) is 12.0. The molecule has 0 heterocycles. The van der Waals surface area contributed by atoms with Crippen LogP contribution in [0.25, 0.3) is 0 Å². The summed E-state index contributed by atoms with van der Waals surface area (Å²) in [4.78, 5) is 23.9. The van der Waals surface area contributed by atoms with Gasteiger partial charge in [-0.05, 0) is 49.9 Å². The minimum Gasteiger partial charge on any atom is -0.497 e. The number of methoxy groups -OCH3 is 1. The molecule has 0 spiro atoms. The first kappa shape index (κ1) is 15.8. The number of carbonyl (C=O) groups is 2. The number of carboxylic acid groups (broad SMARTS) is 1. The number of amides is 1. The highest BCUT2D eigenvalue weighted by atomic mass is 79.9. The van der Waals surface area contributed by atoms with Crippen molar-refractivity contribution in [2.75, 3.05) is 7.11 Å². The summed E-state index contributed by atoms with van der Waals surface area (Å²) in [6.07, 6.45) is 1.94. The van der Waals surface area contributed by atoms with Crippen LogP contribution < -0.4 is 10.1 Å². The quantitative estimate of drug-likeness (QED) is 0.768. The van der Waals surface area contributed by atoms with Crippen molar-refractivity contribution in [2.24, 2.45) is 5.41 Å². The van der Waals surface area contributed by atoms with Crippen molar-refractivity contribution in [3.8, 4) is 5.75 Å². The van der Waals surface area contributed by atoms with Gasteiger partial charge in [-0.25, -0.2) is 0 Å². The van der Waals surface area contributed by atoms with E-state index in [0.717, 1.165) is 22.9 Å². The molecule has 6 heteroatoms. The van der Waals surface area contributed by atoms with Gasteiger partial charge in [0.2, 0.25) is 5.91 Å². The van der Waals surface area contributed by atoms with Gasteiger partial charge < -0.3 is 15.2 Å². The van der Waals surface area contributed by atoms with Crippen molar-refractivity contribution in [3.05, 3.63) is 28.2 Å². The minimum atomic E-state index is -1.50. The molecule has 1 amide bonds. The van der Waals surface area contributed by atoms with Gasteiger partial charge in [-0.3, -0.25) is 9.59 Å². The number of hydrogen-bond acceptors (Lipinski definition) is 3. The van der Waals surface area contributed by atoms with Crippen LogP contribution in [0.2, 0.25) is 0 Å². The Bertz CT molecular complexity index is 571. The third-order valence-electron chi connectivity index (χ3n) is 3.68. The van der Waals surface area contributed by atoms with E-state index in [9.17, 15) is 14.7 Å². The van der Waals surface area contributed by atoms with Gasteiger partial charge in [0.25, 0.3) is 0 Å². The van der Waals surface area contributed by atoms with Crippen molar-refractivity contribution < 1.29 is 19.4 Å². The number of halogens is 1. The molecular weight excluding hydrogens is 338 g/mol. The smallest absolute Gasteiger partial charge is 0.319 e. The third-order valence-corrected chi connectivity index (χ3v) is 4.46. The summed E-state index contributed by atoms with van der Waals surface area (Å²) < 4.78 is 5.91. The molecule has 1 fully saturated rings. The average molecular weight is 356 g/mol. The monoisotopic (exact) mass is 355 g/mol. The zero-order valence-corrected chi connectivity index (χ0v) is 13.6. The first-order valence-electron chi connectivity index (χ1n) is 6.73. The molecule has 0 aliphatic heterocycles. The Morgan fingerprint density at radius 1 is 1.48 bits per heavy atom. The molecule has 2 N–H and O–H groups in total. The van der Waals surface area contributed by atoms with E-state index in [-0.39, 0.29) is 12.5 Å². The SMILES string of the molecule is COc1ccc(Br)c(CC(C)(C(=O)O)C(=O)NC2CC2)c1. The first-order chi connectivity index (χ1) is 9.86. The van der Waals surface area contributed by atoms with Crippen molar-refractivity contribution in [3.63, 3.8) is 0 Å². The summed E-state index contributed by atoms with van der Waals surface area (Å²) in [7, 11) is 1.54. The molecule has 1 aliphatic rings. The predicted molar refractivity (Wildman–Crippen MR) is 81.3 cm³/mol. The number of aliphatic carboxylic acids is 1. The highest BCUT2D eigenvalue weighted by molar-refractivity contribution is 9.10. The second kappa shape index (κ2) is 6.05. The van der Waals surface area contributed by atoms with Crippen molar-refractivity contribution >= 4 is 27.8 Å². The fourth-order valence-corrected chi connectivity index (χ4v) is 2.41. The molecule has 1 atom stereocenters. The highest BCUT2D eigenvalue weighted by Gasteiger charge is 2.43. The largest absolute Gasteiger partial charge is 0.497 e. The number of hydrogen-bond donors (Lipinski definition) is 2. The minimum absolute atomic E-state index is 0.0959. The van der Waals surface area contributed by atoms with Crippen LogP contribution in [0.3, 0.4) is 0 Å². The maximum Gasteiger partial charge on any atom is 0.319 e. The van der Waals surface area contributed by atoms with E-state index >= 15 is 0 Å². The topological polar surface area (TPSA) is 75.6 Å². The fourth-order valence-electron chi connectivity index (χ4n) is 2.02. The van der Waals surface area contributed by atoms with Crippen molar-refractivity contribution in [2.45, 2.75) is 32.2 Å². The van der Waals surface area contributed by atoms with Gasteiger partial charge in [0, 0.05) is 10.5 Å². The molecule has 0 bridgehead atoms. The molecule has 1 aromatic rings. The molecule has 1 aliphatic carbocycles. The van der Waals surface area contributed by atoms with Crippen LogP contribution in [0.1, 0.15) is 25.3 Å². The highest BCUT2D eigenvalue weighted by Crippen LogP contribution is 2.31. The van der Waals surface area contributed by atoms with Gasteiger partial charge in [0.15, 0.2) is 0 Å². The summed E-state index contributed by atoms with van der Waals surface area (Å²) in [5.74, 6) is -0.939. The first-order valence-corrected chi connectivity index (χ1v) is 7.53. The number of nitrogens with one attached hydrogen (secondary N) is 1. The molecule has 114 valence electrons. The van der Waals surface area contributed by atoms with Gasteiger partial charge in [0.1, 0.15) is 11.2 Å². The summed E-state index contributed by atoms with van der Waals surface area (Å²) in [5.41, 5.74) is -0.775. The maximum absolute atomic E-state index is 12.3. The summed E-state index contributed by atoms with van der Waals surface area (Å²) >= 11 is 3.39. The maximum atomic E-state index is 12.3. The lowest BCUT2D eigenvalue weighted by Crippen LogP contribution is -2.46. The molecular formula is C15H18BrNO4. The second-order valence-corrected chi connectivity index (χ2v) is 6.37. The molecule has 2 rings (SSSR count). The summed E-state index contributed by atoms with van der Waals surface area (Å²) in [5, 5.41) is 12.3. The number of ether oxygens (including phenoxy) is 1. The Labute approximate surface area is 131 Å².